The molecule has 2 N–H and O–H groups in total. The average Bonchev–Trinajstić information content (AvgIpc) is 2.81. The number of ether oxygens (including phenoxy) is 1. The van der Waals surface area contributed by atoms with Crippen molar-refractivity contribution in [2.45, 2.75) is 17.7 Å². The Bertz CT molecular complexity index is 1130. The number of carbonyl (C=O) groups excluding carboxylic acids is 2. The van der Waals surface area contributed by atoms with E-state index in [0.29, 0.717) is 12.2 Å². The Morgan fingerprint density at radius 2 is 1.44 bits per heavy atom. The van der Waals surface area contributed by atoms with Crippen LogP contribution in [0.4, 0.5) is 5.69 Å². The fourth-order valence-electron chi connectivity index (χ4n) is 2.92. The molecule has 8 heteroatoms. The average molecular weight is 453 g/mol. The first-order valence-electron chi connectivity index (χ1n) is 10.1. The molecule has 0 aromatic heterocycles. The van der Waals surface area contributed by atoms with Crippen LogP contribution >= 0.6 is 0 Å². The van der Waals surface area contributed by atoms with Gasteiger partial charge in [-0.25, -0.2) is 13.2 Å². The lowest BCUT2D eigenvalue weighted by Crippen LogP contribution is -2.29. The van der Waals surface area contributed by atoms with Crippen molar-refractivity contribution in [1.82, 2.24) is 5.32 Å². The van der Waals surface area contributed by atoms with E-state index in [2.05, 4.69) is 10.0 Å². The van der Waals surface area contributed by atoms with Gasteiger partial charge in [0.25, 0.3) is 15.9 Å². The largest absolute Gasteiger partial charge is 0.452 e. The Morgan fingerprint density at radius 1 is 0.812 bits per heavy atom. The maximum absolute atomic E-state index is 12.4. The smallest absolute Gasteiger partial charge is 0.338 e. The van der Waals surface area contributed by atoms with Crippen LogP contribution < -0.4 is 10.0 Å². The molecule has 0 atom stereocenters. The van der Waals surface area contributed by atoms with E-state index < -0.39 is 28.5 Å². The van der Waals surface area contributed by atoms with Crippen molar-refractivity contribution in [1.29, 1.82) is 0 Å². The number of hydrogen-bond acceptors (Lipinski definition) is 5. The number of rotatable bonds is 10. The molecule has 0 aliphatic heterocycles. The molecule has 3 aromatic rings. The number of aryl methyl sites for hydroxylation is 1. The zero-order chi connectivity index (χ0) is 22.8. The second kappa shape index (κ2) is 11.1. The number of hydrogen-bond donors (Lipinski definition) is 2. The first kappa shape index (κ1) is 23.0. The number of para-hydroxylation sites is 1. The van der Waals surface area contributed by atoms with Crippen LogP contribution in [0.15, 0.2) is 89.8 Å². The van der Waals surface area contributed by atoms with Crippen LogP contribution in [0.1, 0.15) is 22.3 Å². The highest BCUT2D eigenvalue weighted by Crippen LogP contribution is 2.16. The third-order valence-electron chi connectivity index (χ3n) is 4.57. The highest BCUT2D eigenvalue weighted by atomic mass is 32.2. The van der Waals surface area contributed by atoms with E-state index in [-0.39, 0.29) is 10.5 Å². The van der Waals surface area contributed by atoms with Gasteiger partial charge in [-0.3, -0.25) is 9.52 Å². The summed E-state index contributed by atoms with van der Waals surface area (Å²) in [6, 6.07) is 23.7. The molecule has 0 heterocycles. The van der Waals surface area contributed by atoms with E-state index in [9.17, 15) is 18.0 Å². The number of anilines is 1. The van der Waals surface area contributed by atoms with Crippen molar-refractivity contribution >= 4 is 27.6 Å². The Hall–Kier alpha value is -3.65. The van der Waals surface area contributed by atoms with Crippen LogP contribution in [-0.4, -0.2) is 33.4 Å². The summed E-state index contributed by atoms with van der Waals surface area (Å²) >= 11 is 0. The SMILES string of the molecule is O=C(COC(=O)c1ccc(S(=O)(=O)Nc2ccccc2)cc1)NCCCc1ccccc1. The van der Waals surface area contributed by atoms with Gasteiger partial charge in [-0.2, -0.15) is 0 Å². The summed E-state index contributed by atoms with van der Waals surface area (Å²) in [5.74, 6) is -1.10. The van der Waals surface area contributed by atoms with E-state index in [1.165, 1.54) is 29.8 Å². The number of nitrogens with one attached hydrogen (secondary N) is 2. The first-order valence-corrected chi connectivity index (χ1v) is 11.6. The minimum Gasteiger partial charge on any atom is -0.452 e. The molecule has 0 fully saturated rings. The summed E-state index contributed by atoms with van der Waals surface area (Å²) < 4.78 is 32.3. The van der Waals surface area contributed by atoms with Gasteiger partial charge in [-0.15, -0.1) is 0 Å². The Kier molecular flexibility index (Phi) is 7.99. The van der Waals surface area contributed by atoms with E-state index in [0.717, 1.165) is 12.8 Å². The molecular formula is C24H24N2O5S. The number of sulfonamides is 1. The molecule has 0 unspecified atom stereocenters. The second-order valence-corrected chi connectivity index (χ2v) is 8.69. The lowest BCUT2D eigenvalue weighted by molar-refractivity contribution is -0.124. The molecule has 32 heavy (non-hydrogen) atoms. The van der Waals surface area contributed by atoms with Crippen LogP contribution in [0.5, 0.6) is 0 Å². The predicted octanol–water partition coefficient (Wildman–Crippen LogP) is 3.39. The normalized spacial score (nSPS) is 10.9. The molecule has 0 saturated carbocycles. The highest BCUT2D eigenvalue weighted by Gasteiger charge is 2.16. The zero-order valence-corrected chi connectivity index (χ0v) is 18.2. The number of carbonyl (C=O) groups is 2. The number of amides is 1. The summed E-state index contributed by atoms with van der Waals surface area (Å²) in [4.78, 5) is 24.0. The van der Waals surface area contributed by atoms with Gasteiger partial charge in [-0.1, -0.05) is 48.5 Å². The Balaban J connectivity index is 1.43. The molecule has 3 aromatic carbocycles. The maximum atomic E-state index is 12.4. The quantitative estimate of drug-likeness (QED) is 0.363. The van der Waals surface area contributed by atoms with Gasteiger partial charge < -0.3 is 10.1 Å². The lowest BCUT2D eigenvalue weighted by Gasteiger charge is -2.09. The maximum Gasteiger partial charge on any atom is 0.338 e. The van der Waals surface area contributed by atoms with Crippen LogP contribution in [0.25, 0.3) is 0 Å². The van der Waals surface area contributed by atoms with Gasteiger partial charge in [0.2, 0.25) is 0 Å². The van der Waals surface area contributed by atoms with Crippen molar-refractivity contribution in [3.63, 3.8) is 0 Å². The number of esters is 1. The molecule has 166 valence electrons. The van der Waals surface area contributed by atoms with E-state index in [1.807, 2.05) is 30.3 Å². The molecule has 0 saturated heterocycles. The van der Waals surface area contributed by atoms with Gasteiger partial charge in [0, 0.05) is 12.2 Å². The molecule has 1 amide bonds. The van der Waals surface area contributed by atoms with Crippen molar-refractivity contribution in [2.75, 3.05) is 17.9 Å². The molecule has 0 aliphatic carbocycles. The van der Waals surface area contributed by atoms with Gasteiger partial charge in [0.05, 0.1) is 10.5 Å². The summed E-state index contributed by atoms with van der Waals surface area (Å²) in [7, 11) is -3.78. The monoisotopic (exact) mass is 452 g/mol. The van der Waals surface area contributed by atoms with Crippen LogP contribution in [0.3, 0.4) is 0 Å². The molecule has 0 aliphatic rings. The van der Waals surface area contributed by atoms with Gasteiger partial charge in [-0.05, 0) is 54.8 Å². The minimum atomic E-state index is -3.78. The summed E-state index contributed by atoms with van der Waals surface area (Å²) in [6.45, 7) is 0.0754. The van der Waals surface area contributed by atoms with E-state index in [1.54, 1.807) is 30.3 Å². The fourth-order valence-corrected chi connectivity index (χ4v) is 3.98. The van der Waals surface area contributed by atoms with E-state index >= 15 is 0 Å². The molecule has 0 radical (unpaired) electrons. The van der Waals surface area contributed by atoms with Crippen molar-refractivity contribution in [3.05, 3.63) is 96.1 Å². The Morgan fingerprint density at radius 3 is 2.09 bits per heavy atom. The van der Waals surface area contributed by atoms with Crippen LogP contribution in [0.2, 0.25) is 0 Å². The topological polar surface area (TPSA) is 102 Å². The first-order chi connectivity index (χ1) is 15.4. The zero-order valence-electron chi connectivity index (χ0n) is 17.4. The predicted molar refractivity (Wildman–Crippen MR) is 122 cm³/mol. The molecule has 3 rings (SSSR count). The summed E-state index contributed by atoms with van der Waals surface area (Å²) in [5, 5.41) is 2.71. The van der Waals surface area contributed by atoms with Gasteiger partial charge >= 0.3 is 5.97 Å². The Labute approximate surface area is 187 Å². The highest BCUT2D eigenvalue weighted by molar-refractivity contribution is 7.92. The molecule has 0 spiro atoms. The van der Waals surface area contributed by atoms with Crippen molar-refractivity contribution in [3.8, 4) is 0 Å². The van der Waals surface area contributed by atoms with Crippen LogP contribution in [0, 0.1) is 0 Å². The summed E-state index contributed by atoms with van der Waals surface area (Å²) in [6.07, 6.45) is 1.62. The van der Waals surface area contributed by atoms with Gasteiger partial charge in [0.15, 0.2) is 6.61 Å². The molecular weight excluding hydrogens is 428 g/mol. The van der Waals surface area contributed by atoms with Gasteiger partial charge in [0.1, 0.15) is 0 Å². The van der Waals surface area contributed by atoms with Crippen molar-refractivity contribution in [2.24, 2.45) is 0 Å². The molecule has 7 nitrogen and oxygen atoms in total. The van der Waals surface area contributed by atoms with E-state index in [4.69, 9.17) is 4.74 Å². The lowest BCUT2D eigenvalue weighted by atomic mass is 10.1. The fraction of sp³-hybridized carbons (Fsp3) is 0.167. The third kappa shape index (κ3) is 6.95. The third-order valence-corrected chi connectivity index (χ3v) is 5.97. The van der Waals surface area contributed by atoms with Crippen LogP contribution in [-0.2, 0) is 26.0 Å². The standard InChI is InChI=1S/C24H24N2O5S/c27-23(25-17-7-10-19-8-3-1-4-9-19)18-31-24(28)20-13-15-22(16-14-20)32(29,30)26-21-11-5-2-6-12-21/h1-6,8-9,11-16,26H,7,10,17-18H2,(H,25,27). The minimum absolute atomic E-state index is 0.00839. The molecule has 0 bridgehead atoms. The number of benzene rings is 3. The van der Waals surface area contributed by atoms with Crippen molar-refractivity contribution < 1.29 is 22.7 Å². The summed E-state index contributed by atoms with van der Waals surface area (Å²) in [5.41, 5.74) is 1.78. The second-order valence-electron chi connectivity index (χ2n) is 7.01.